The Morgan fingerprint density at radius 2 is 1.86 bits per heavy atom. The number of aromatic nitrogens is 4. The van der Waals surface area contributed by atoms with Gasteiger partial charge in [0.2, 0.25) is 5.95 Å². The Balaban J connectivity index is 1.31. The van der Waals surface area contributed by atoms with Crippen LogP contribution in [0.5, 0.6) is 0 Å². The average molecular weight is 625 g/mol. The molecule has 4 atom stereocenters. The predicted octanol–water partition coefficient (Wildman–Crippen LogP) is 3.78. The maximum Gasteiger partial charge on any atom is 0.224 e. The third kappa shape index (κ3) is 6.36. The Labute approximate surface area is 254 Å². The van der Waals surface area contributed by atoms with E-state index in [-0.39, 0.29) is 17.1 Å². The molecule has 2 fully saturated rings. The van der Waals surface area contributed by atoms with E-state index in [2.05, 4.69) is 15.6 Å². The normalized spacial score (nSPS) is 22.2. The summed E-state index contributed by atoms with van der Waals surface area (Å²) in [6.45, 7) is 5.42. The fourth-order valence-electron chi connectivity index (χ4n) is 5.64. The van der Waals surface area contributed by atoms with Gasteiger partial charge in [0.1, 0.15) is 22.4 Å². The molecule has 3 aromatic heterocycles. The molecule has 0 aliphatic heterocycles. The molecule has 4 N–H and O–H groups in total. The van der Waals surface area contributed by atoms with E-state index >= 15 is 0 Å². The molecule has 43 heavy (non-hydrogen) atoms. The van der Waals surface area contributed by atoms with Gasteiger partial charge in [0, 0.05) is 31.2 Å². The summed E-state index contributed by atoms with van der Waals surface area (Å²) < 4.78 is 32.6. The summed E-state index contributed by atoms with van der Waals surface area (Å²) in [5.74, 6) is 0.338. The highest BCUT2D eigenvalue weighted by Crippen LogP contribution is 2.44. The molecular formula is C30H36N6O5S2. The first-order chi connectivity index (χ1) is 20.7. The molecule has 3 heterocycles. The molecule has 11 nitrogen and oxygen atoms in total. The molecular weight excluding hydrogens is 589 g/mol. The zero-order valence-corrected chi connectivity index (χ0v) is 25.7. The maximum atomic E-state index is 13.1. The molecule has 0 saturated heterocycles. The molecule has 0 radical (unpaired) electrons. The van der Waals surface area contributed by atoms with E-state index in [1.54, 1.807) is 30.3 Å². The molecule has 6 rings (SSSR count). The standard InChI is InChI=1S/C30H36N6O5S2/c1-3-41-14-13-32-30-33-17(2)23(29-35-25-22(42-29)11-12-31-24(25)18-9-10-18)28(36-30)34-21-15-19(26(37)27(21)38)16-43(39,40)20-7-5-4-6-8-20/h4-8,11-12,18-19,21,26-27,37-38H,3,9-10,13-16H2,1-2H3,(H2,32,33,34,36)/t19-,21?,26-,27+/m1/s1. The lowest BCUT2D eigenvalue weighted by Crippen LogP contribution is -2.36. The van der Waals surface area contributed by atoms with Gasteiger partial charge in [-0.2, -0.15) is 4.98 Å². The van der Waals surface area contributed by atoms with Crippen LogP contribution in [-0.4, -0.2) is 82.3 Å². The number of nitrogens with one attached hydrogen (secondary N) is 2. The number of pyridine rings is 1. The number of fused-ring (bicyclic) bond motifs is 1. The Hall–Kier alpha value is -3.23. The van der Waals surface area contributed by atoms with Gasteiger partial charge in [-0.3, -0.25) is 4.98 Å². The first kappa shape index (κ1) is 29.8. The third-order valence-electron chi connectivity index (χ3n) is 8.00. The molecule has 0 spiro atoms. The third-order valence-corrected chi connectivity index (χ3v) is 10.9. The summed E-state index contributed by atoms with van der Waals surface area (Å²) in [6, 6.07) is 9.49. The largest absolute Gasteiger partial charge is 0.390 e. The fraction of sp³-hybridized carbons (Fsp3) is 0.467. The SMILES string of the molecule is CCOCCNc1nc(C)c(-c2nc3c(C4CC4)nccc3s2)c(NC2C[C@H](CS(=O)(=O)c3ccccc3)[C@@H](O)[C@H]2O)n1. The van der Waals surface area contributed by atoms with Crippen molar-refractivity contribution in [2.75, 3.05) is 36.1 Å². The van der Waals surface area contributed by atoms with Crippen molar-refractivity contribution in [3.63, 3.8) is 0 Å². The molecule has 4 aromatic rings. The van der Waals surface area contributed by atoms with Gasteiger partial charge in [-0.05, 0) is 51.3 Å². The monoisotopic (exact) mass is 624 g/mol. The van der Waals surface area contributed by atoms with Crippen LogP contribution >= 0.6 is 11.3 Å². The van der Waals surface area contributed by atoms with Gasteiger partial charge in [0.15, 0.2) is 9.84 Å². The quantitative estimate of drug-likeness (QED) is 0.170. The number of hydrogen-bond donors (Lipinski definition) is 4. The molecule has 2 aliphatic rings. The molecule has 2 saturated carbocycles. The number of anilines is 2. The number of aliphatic hydroxyl groups is 2. The summed E-state index contributed by atoms with van der Waals surface area (Å²) in [4.78, 5) is 19.3. The highest BCUT2D eigenvalue weighted by Gasteiger charge is 2.44. The van der Waals surface area contributed by atoms with E-state index in [9.17, 15) is 18.6 Å². The molecule has 0 bridgehead atoms. The topological polar surface area (TPSA) is 159 Å². The van der Waals surface area contributed by atoms with E-state index in [0.717, 1.165) is 33.8 Å². The summed E-state index contributed by atoms with van der Waals surface area (Å²) in [5, 5.41) is 29.3. The number of nitrogens with zero attached hydrogens (tertiary/aromatic N) is 4. The lowest BCUT2D eigenvalue weighted by Gasteiger charge is -2.21. The number of benzene rings is 1. The number of hydrogen-bond acceptors (Lipinski definition) is 12. The Bertz CT molecular complexity index is 1700. The van der Waals surface area contributed by atoms with Crippen molar-refractivity contribution in [1.82, 2.24) is 19.9 Å². The number of rotatable bonds is 12. The number of aliphatic hydroxyl groups excluding tert-OH is 2. The first-order valence-corrected chi connectivity index (χ1v) is 17.1. The second kappa shape index (κ2) is 12.4. The number of sulfone groups is 1. The predicted molar refractivity (Wildman–Crippen MR) is 166 cm³/mol. The second-order valence-corrected chi connectivity index (χ2v) is 14.2. The van der Waals surface area contributed by atoms with Gasteiger partial charge in [-0.25, -0.2) is 18.4 Å². The van der Waals surface area contributed by atoms with Crippen molar-refractivity contribution in [3.05, 3.63) is 54.0 Å². The van der Waals surface area contributed by atoms with Gasteiger partial charge < -0.3 is 25.6 Å². The van der Waals surface area contributed by atoms with Gasteiger partial charge in [0.25, 0.3) is 0 Å². The van der Waals surface area contributed by atoms with Crippen LogP contribution < -0.4 is 10.6 Å². The number of ether oxygens (including phenoxy) is 1. The van der Waals surface area contributed by atoms with Crippen LogP contribution in [0.15, 0.2) is 47.5 Å². The molecule has 2 aliphatic carbocycles. The summed E-state index contributed by atoms with van der Waals surface area (Å²) >= 11 is 1.53. The van der Waals surface area contributed by atoms with E-state index in [4.69, 9.17) is 19.7 Å². The lowest BCUT2D eigenvalue weighted by molar-refractivity contribution is 0.0216. The zero-order chi connectivity index (χ0) is 30.1. The minimum atomic E-state index is -3.66. The van der Waals surface area contributed by atoms with Crippen molar-refractivity contribution in [1.29, 1.82) is 0 Å². The smallest absolute Gasteiger partial charge is 0.224 e. The molecule has 228 valence electrons. The van der Waals surface area contributed by atoms with E-state index in [1.165, 1.54) is 11.3 Å². The molecule has 1 aromatic carbocycles. The minimum absolute atomic E-state index is 0.195. The van der Waals surface area contributed by atoms with Crippen LogP contribution in [-0.2, 0) is 14.6 Å². The molecule has 1 unspecified atom stereocenters. The number of thiazole rings is 1. The summed E-state index contributed by atoms with van der Waals surface area (Å²) in [6.07, 6.45) is 1.86. The first-order valence-electron chi connectivity index (χ1n) is 14.6. The van der Waals surface area contributed by atoms with Crippen molar-refractivity contribution >= 4 is 43.2 Å². The van der Waals surface area contributed by atoms with E-state index in [1.807, 2.05) is 26.1 Å². The lowest BCUT2D eigenvalue weighted by atomic mass is 10.1. The van der Waals surface area contributed by atoms with Crippen molar-refractivity contribution in [3.8, 4) is 10.6 Å². The second-order valence-electron chi connectivity index (χ2n) is 11.1. The minimum Gasteiger partial charge on any atom is -0.390 e. The van der Waals surface area contributed by atoms with Gasteiger partial charge in [0.05, 0.1) is 51.1 Å². The van der Waals surface area contributed by atoms with Crippen LogP contribution in [0.2, 0.25) is 0 Å². The summed E-state index contributed by atoms with van der Waals surface area (Å²) in [7, 11) is -3.66. The van der Waals surface area contributed by atoms with E-state index in [0.29, 0.717) is 48.7 Å². The Kier molecular flexibility index (Phi) is 8.60. The van der Waals surface area contributed by atoms with Crippen molar-refractivity contribution in [2.24, 2.45) is 5.92 Å². The summed E-state index contributed by atoms with van der Waals surface area (Å²) in [5.41, 5.74) is 3.28. The van der Waals surface area contributed by atoms with Crippen LogP contribution in [0.4, 0.5) is 11.8 Å². The van der Waals surface area contributed by atoms with Crippen molar-refractivity contribution in [2.45, 2.75) is 62.2 Å². The van der Waals surface area contributed by atoms with Gasteiger partial charge >= 0.3 is 0 Å². The van der Waals surface area contributed by atoms with E-state index < -0.39 is 34.0 Å². The number of aryl methyl sites for hydroxylation is 1. The van der Waals surface area contributed by atoms with Gasteiger partial charge in [-0.1, -0.05) is 18.2 Å². The highest BCUT2D eigenvalue weighted by molar-refractivity contribution is 7.91. The van der Waals surface area contributed by atoms with Crippen LogP contribution in [0.3, 0.4) is 0 Å². The Morgan fingerprint density at radius 3 is 2.60 bits per heavy atom. The Morgan fingerprint density at radius 1 is 1.07 bits per heavy atom. The molecule has 13 heteroatoms. The zero-order valence-electron chi connectivity index (χ0n) is 24.1. The van der Waals surface area contributed by atoms with Gasteiger partial charge in [-0.15, -0.1) is 11.3 Å². The van der Waals surface area contributed by atoms with Crippen LogP contribution in [0.25, 0.3) is 20.8 Å². The average Bonchev–Trinajstić information content (AvgIpc) is 3.70. The maximum absolute atomic E-state index is 13.1. The molecule has 0 amide bonds. The van der Waals surface area contributed by atoms with Crippen molar-refractivity contribution < 1.29 is 23.4 Å². The fourth-order valence-corrected chi connectivity index (χ4v) is 8.37. The van der Waals surface area contributed by atoms with Crippen LogP contribution in [0, 0.1) is 12.8 Å². The van der Waals surface area contributed by atoms with Crippen LogP contribution in [0.1, 0.15) is 43.5 Å². The highest BCUT2D eigenvalue weighted by atomic mass is 32.2.